The first-order valence-electron chi connectivity index (χ1n) is 7.38. The van der Waals surface area contributed by atoms with E-state index >= 15 is 0 Å². The zero-order valence-corrected chi connectivity index (χ0v) is 12.0. The fraction of sp³-hybridized carbons (Fsp3) is 0.846. The van der Waals surface area contributed by atoms with E-state index in [1.807, 2.05) is 0 Å². The van der Waals surface area contributed by atoms with Crippen LogP contribution in [0.15, 0.2) is 0 Å². The van der Waals surface area contributed by atoms with E-state index in [9.17, 15) is 14.0 Å². The van der Waals surface area contributed by atoms with Crippen LogP contribution in [0, 0.1) is 0 Å². The van der Waals surface area contributed by atoms with Crippen molar-refractivity contribution in [2.75, 3.05) is 26.7 Å². The van der Waals surface area contributed by atoms with E-state index in [4.69, 9.17) is 4.84 Å². The molecule has 0 aromatic heterocycles. The topological polar surface area (TPSA) is 73.9 Å². The Bertz CT molecular complexity index is 436. The SMILES string of the molecule is CN1C(=O)N2C[C@H]1CC[C@H]2C(=O)NOC[C@H]1C[C@H](F)CN1. The van der Waals surface area contributed by atoms with E-state index in [-0.39, 0.29) is 30.6 Å². The number of nitrogens with zero attached hydrogens (tertiary/aromatic N) is 2. The van der Waals surface area contributed by atoms with Gasteiger partial charge in [0.2, 0.25) is 0 Å². The number of likely N-dealkylation sites (N-methyl/N-ethyl adjacent to an activating group) is 1. The molecule has 2 bridgehead atoms. The average molecular weight is 300 g/mol. The number of amides is 3. The van der Waals surface area contributed by atoms with Crippen molar-refractivity contribution in [1.82, 2.24) is 20.6 Å². The number of carbonyl (C=O) groups excluding carboxylic acids is 2. The summed E-state index contributed by atoms with van der Waals surface area (Å²) in [6.45, 7) is 1.16. The van der Waals surface area contributed by atoms with Crippen LogP contribution in [0.5, 0.6) is 0 Å². The van der Waals surface area contributed by atoms with Gasteiger partial charge in [0.15, 0.2) is 0 Å². The minimum atomic E-state index is -0.845. The highest BCUT2D eigenvalue weighted by Crippen LogP contribution is 2.28. The number of alkyl halides is 1. The predicted molar refractivity (Wildman–Crippen MR) is 72.1 cm³/mol. The molecule has 118 valence electrons. The van der Waals surface area contributed by atoms with E-state index in [0.29, 0.717) is 25.9 Å². The quantitative estimate of drug-likeness (QED) is 0.695. The molecule has 0 aromatic rings. The van der Waals surface area contributed by atoms with Gasteiger partial charge in [-0.15, -0.1) is 0 Å². The standard InChI is InChI=1S/C13H21FN4O3/c1-17-10-2-3-11(18(6-10)13(17)20)12(19)16-21-7-9-4-8(14)5-15-9/h8-11,15H,2-7H2,1H3,(H,16,19)/t8-,9+,10+,11-/m0/s1. The second-order valence-corrected chi connectivity index (χ2v) is 6.01. The first-order chi connectivity index (χ1) is 10.1. The Morgan fingerprint density at radius 2 is 2.33 bits per heavy atom. The van der Waals surface area contributed by atoms with Crippen LogP contribution in [-0.4, -0.2) is 72.8 Å². The summed E-state index contributed by atoms with van der Waals surface area (Å²) in [6, 6.07) is -0.429. The molecule has 3 rings (SSSR count). The van der Waals surface area contributed by atoms with Gasteiger partial charge in [0, 0.05) is 26.2 Å². The molecule has 3 amide bonds. The third kappa shape index (κ3) is 2.82. The maximum Gasteiger partial charge on any atom is 0.320 e. The monoisotopic (exact) mass is 300 g/mol. The lowest BCUT2D eigenvalue weighted by Gasteiger charge is -2.29. The summed E-state index contributed by atoms with van der Waals surface area (Å²) < 4.78 is 13.0. The van der Waals surface area contributed by atoms with Crippen molar-refractivity contribution >= 4 is 11.9 Å². The number of hydrogen-bond acceptors (Lipinski definition) is 4. The van der Waals surface area contributed by atoms with Crippen molar-refractivity contribution in [2.24, 2.45) is 0 Å². The summed E-state index contributed by atoms with van der Waals surface area (Å²) in [6.07, 6.45) is 1.02. The second kappa shape index (κ2) is 5.76. The minimum Gasteiger partial charge on any atom is -0.323 e. The molecule has 3 fully saturated rings. The van der Waals surface area contributed by atoms with E-state index < -0.39 is 12.2 Å². The Balaban J connectivity index is 1.46. The summed E-state index contributed by atoms with van der Waals surface area (Å²) in [5, 5.41) is 2.98. The van der Waals surface area contributed by atoms with Gasteiger partial charge >= 0.3 is 6.03 Å². The maximum absolute atomic E-state index is 13.0. The molecule has 21 heavy (non-hydrogen) atoms. The van der Waals surface area contributed by atoms with Gasteiger partial charge in [-0.25, -0.2) is 14.7 Å². The molecule has 2 N–H and O–H groups in total. The number of urea groups is 1. The third-order valence-electron chi connectivity index (χ3n) is 4.58. The van der Waals surface area contributed by atoms with Crippen molar-refractivity contribution in [3.8, 4) is 0 Å². The molecule has 4 atom stereocenters. The Morgan fingerprint density at radius 3 is 3.05 bits per heavy atom. The smallest absolute Gasteiger partial charge is 0.320 e. The van der Waals surface area contributed by atoms with Crippen LogP contribution in [0.25, 0.3) is 0 Å². The molecule has 0 aliphatic carbocycles. The predicted octanol–water partition coefficient (Wildman–Crippen LogP) is -0.367. The maximum atomic E-state index is 13.0. The summed E-state index contributed by atoms with van der Waals surface area (Å²) >= 11 is 0. The fourth-order valence-electron chi connectivity index (χ4n) is 3.29. The molecule has 7 nitrogen and oxygen atoms in total. The summed E-state index contributed by atoms with van der Waals surface area (Å²) in [4.78, 5) is 32.6. The number of hydrogen-bond donors (Lipinski definition) is 2. The van der Waals surface area contributed by atoms with Gasteiger partial charge in [-0.2, -0.15) is 0 Å². The highest BCUT2D eigenvalue weighted by Gasteiger charge is 2.45. The molecule has 3 aliphatic rings. The minimum absolute atomic E-state index is 0.0735. The molecule has 0 spiro atoms. The number of rotatable bonds is 4. The lowest BCUT2D eigenvalue weighted by molar-refractivity contribution is -0.139. The number of carbonyl (C=O) groups is 2. The van der Waals surface area contributed by atoms with Crippen molar-refractivity contribution in [3.05, 3.63) is 0 Å². The van der Waals surface area contributed by atoms with Crippen LogP contribution in [0.1, 0.15) is 19.3 Å². The largest absolute Gasteiger partial charge is 0.323 e. The lowest BCUT2D eigenvalue weighted by Crippen LogP contribution is -2.50. The summed E-state index contributed by atoms with van der Waals surface area (Å²) in [5.41, 5.74) is 2.40. The van der Waals surface area contributed by atoms with Crippen LogP contribution in [0.3, 0.4) is 0 Å². The molecule has 0 unspecified atom stereocenters. The van der Waals surface area contributed by atoms with E-state index in [2.05, 4.69) is 10.8 Å². The van der Waals surface area contributed by atoms with Crippen LogP contribution in [0.2, 0.25) is 0 Å². The van der Waals surface area contributed by atoms with Gasteiger partial charge in [0.05, 0.1) is 12.6 Å². The molecular formula is C13H21FN4O3. The molecule has 0 radical (unpaired) electrons. The number of hydroxylamine groups is 1. The molecule has 8 heteroatoms. The van der Waals surface area contributed by atoms with Crippen molar-refractivity contribution < 1.29 is 18.8 Å². The Kier molecular flexibility index (Phi) is 3.99. The number of halogens is 1. The zero-order valence-electron chi connectivity index (χ0n) is 12.0. The van der Waals surface area contributed by atoms with Gasteiger partial charge < -0.3 is 15.1 Å². The number of nitrogens with one attached hydrogen (secondary N) is 2. The highest BCUT2D eigenvalue weighted by atomic mass is 19.1. The van der Waals surface area contributed by atoms with E-state index in [1.165, 1.54) is 0 Å². The molecule has 3 saturated heterocycles. The number of fused-ring (bicyclic) bond motifs is 2. The lowest BCUT2D eigenvalue weighted by atomic mass is 10.0. The zero-order chi connectivity index (χ0) is 15.0. The second-order valence-electron chi connectivity index (χ2n) is 6.01. The first kappa shape index (κ1) is 14.5. The Labute approximate surface area is 122 Å². The van der Waals surface area contributed by atoms with Crippen LogP contribution in [0.4, 0.5) is 9.18 Å². The van der Waals surface area contributed by atoms with Crippen LogP contribution < -0.4 is 10.8 Å². The van der Waals surface area contributed by atoms with Crippen LogP contribution >= 0.6 is 0 Å². The molecule has 3 aliphatic heterocycles. The van der Waals surface area contributed by atoms with E-state index in [1.54, 1.807) is 16.8 Å². The molecule has 0 saturated carbocycles. The normalized spacial score (nSPS) is 35.4. The molecule has 0 aromatic carbocycles. The summed E-state index contributed by atoms with van der Waals surface area (Å²) in [7, 11) is 1.77. The van der Waals surface area contributed by atoms with Gasteiger partial charge in [-0.3, -0.25) is 9.63 Å². The van der Waals surface area contributed by atoms with Gasteiger partial charge in [0.1, 0.15) is 12.2 Å². The molecular weight excluding hydrogens is 279 g/mol. The number of piperidine rings is 1. The highest BCUT2D eigenvalue weighted by molar-refractivity contribution is 5.88. The van der Waals surface area contributed by atoms with Crippen LogP contribution in [-0.2, 0) is 9.63 Å². The molecule has 3 heterocycles. The average Bonchev–Trinajstić information content (AvgIpc) is 2.98. The van der Waals surface area contributed by atoms with Gasteiger partial charge in [0.25, 0.3) is 5.91 Å². The van der Waals surface area contributed by atoms with Crippen molar-refractivity contribution in [2.45, 2.75) is 43.6 Å². The first-order valence-corrected chi connectivity index (χ1v) is 7.38. The van der Waals surface area contributed by atoms with Gasteiger partial charge in [-0.05, 0) is 19.3 Å². The fourth-order valence-corrected chi connectivity index (χ4v) is 3.29. The summed E-state index contributed by atoms with van der Waals surface area (Å²) in [5.74, 6) is -0.299. The van der Waals surface area contributed by atoms with Crippen molar-refractivity contribution in [3.63, 3.8) is 0 Å². The van der Waals surface area contributed by atoms with Crippen molar-refractivity contribution in [1.29, 1.82) is 0 Å². The Morgan fingerprint density at radius 1 is 1.52 bits per heavy atom. The van der Waals surface area contributed by atoms with E-state index in [0.717, 1.165) is 6.42 Å². The van der Waals surface area contributed by atoms with Gasteiger partial charge in [-0.1, -0.05) is 0 Å². The third-order valence-corrected chi connectivity index (χ3v) is 4.58. The Hall–Kier alpha value is -1.41.